The first-order chi connectivity index (χ1) is 8.69. The first-order valence-electron chi connectivity index (χ1n) is 6.43. The normalized spacial score (nSPS) is 31.6. The molecule has 1 aromatic carbocycles. The van der Waals surface area contributed by atoms with Crippen molar-refractivity contribution in [3.05, 3.63) is 28.2 Å². The third-order valence-corrected chi connectivity index (χ3v) is 4.34. The van der Waals surface area contributed by atoms with Crippen molar-refractivity contribution in [3.63, 3.8) is 0 Å². The third-order valence-electron chi connectivity index (χ3n) is 3.85. The summed E-state index contributed by atoms with van der Waals surface area (Å²) in [6.45, 7) is 1.52. The number of halogens is 1. The lowest BCUT2D eigenvalue weighted by Crippen LogP contribution is -2.41. The molecule has 2 atom stereocenters. The maximum atomic E-state index is 10.4. The van der Waals surface area contributed by atoms with Crippen LogP contribution >= 0.6 is 15.9 Å². The topological polar surface area (TPSA) is 38.7 Å². The molecule has 1 N–H and O–H groups in total. The molecule has 2 aliphatic heterocycles. The summed E-state index contributed by atoms with van der Waals surface area (Å²) in [6.07, 6.45) is 3.04. The number of aliphatic hydroxyl groups is 1. The van der Waals surface area contributed by atoms with E-state index in [9.17, 15) is 5.11 Å². The van der Waals surface area contributed by atoms with Gasteiger partial charge in [0.1, 0.15) is 11.4 Å². The number of benzene rings is 1. The van der Waals surface area contributed by atoms with Gasteiger partial charge in [0.05, 0.1) is 12.7 Å². The minimum atomic E-state index is -0.440. The predicted molar refractivity (Wildman–Crippen MR) is 71.7 cm³/mol. The molecule has 98 valence electrons. The molecule has 0 bridgehead atoms. The molecular formula is C14H17BrO3. The quantitative estimate of drug-likeness (QED) is 0.799. The zero-order valence-electron chi connectivity index (χ0n) is 10.2. The first kappa shape index (κ1) is 12.5. The summed E-state index contributed by atoms with van der Waals surface area (Å²) in [4.78, 5) is 0. The molecule has 4 heteroatoms. The van der Waals surface area contributed by atoms with E-state index in [2.05, 4.69) is 15.9 Å². The van der Waals surface area contributed by atoms with Crippen LogP contribution < -0.4 is 4.74 Å². The van der Waals surface area contributed by atoms with Crippen LogP contribution in [0, 0.1) is 0 Å². The van der Waals surface area contributed by atoms with E-state index in [1.54, 1.807) is 0 Å². The van der Waals surface area contributed by atoms with Crippen LogP contribution in [0.4, 0.5) is 0 Å². The van der Waals surface area contributed by atoms with Crippen molar-refractivity contribution in [1.82, 2.24) is 0 Å². The Bertz CT molecular complexity index is 439. The van der Waals surface area contributed by atoms with Crippen molar-refractivity contribution >= 4 is 15.9 Å². The van der Waals surface area contributed by atoms with Crippen LogP contribution in [-0.2, 0) is 4.74 Å². The van der Waals surface area contributed by atoms with Gasteiger partial charge in [-0.15, -0.1) is 0 Å². The third kappa shape index (κ3) is 2.29. The standard InChI is InChI=1S/C14H17BrO3/c15-10-2-3-13-11(8-10)12(16)9-14(18-13)4-1-6-17-7-5-14/h2-3,8,12,16H,1,4-7,9H2/t12-,14?/m1/s1. The molecule has 3 rings (SSSR count). The summed E-state index contributed by atoms with van der Waals surface area (Å²) >= 11 is 3.43. The zero-order chi connectivity index (χ0) is 12.6. The number of aliphatic hydroxyl groups excluding tert-OH is 1. The largest absolute Gasteiger partial charge is 0.487 e. The SMILES string of the molecule is O[C@@H]1CC2(CCCOCC2)Oc2ccc(Br)cc21. The Kier molecular flexibility index (Phi) is 3.34. The van der Waals surface area contributed by atoms with Gasteiger partial charge in [-0.2, -0.15) is 0 Å². The Labute approximate surface area is 115 Å². The van der Waals surface area contributed by atoms with Gasteiger partial charge in [-0.1, -0.05) is 15.9 Å². The Hall–Kier alpha value is -0.580. The van der Waals surface area contributed by atoms with Crippen LogP contribution in [0.3, 0.4) is 0 Å². The number of fused-ring (bicyclic) bond motifs is 1. The van der Waals surface area contributed by atoms with E-state index in [-0.39, 0.29) is 5.60 Å². The van der Waals surface area contributed by atoms with Crippen molar-refractivity contribution < 1.29 is 14.6 Å². The van der Waals surface area contributed by atoms with E-state index in [1.165, 1.54) is 0 Å². The van der Waals surface area contributed by atoms with Crippen LogP contribution in [-0.4, -0.2) is 23.9 Å². The maximum Gasteiger partial charge on any atom is 0.126 e. The van der Waals surface area contributed by atoms with Gasteiger partial charge >= 0.3 is 0 Å². The fourth-order valence-corrected chi connectivity index (χ4v) is 3.28. The molecule has 1 spiro atoms. The number of hydrogen-bond acceptors (Lipinski definition) is 3. The Morgan fingerprint density at radius 2 is 2.17 bits per heavy atom. The minimum Gasteiger partial charge on any atom is -0.487 e. The highest BCUT2D eigenvalue weighted by Crippen LogP contribution is 2.44. The number of rotatable bonds is 0. The van der Waals surface area contributed by atoms with Crippen LogP contribution in [0.15, 0.2) is 22.7 Å². The van der Waals surface area contributed by atoms with Gasteiger partial charge in [-0.25, -0.2) is 0 Å². The van der Waals surface area contributed by atoms with E-state index in [0.29, 0.717) is 6.42 Å². The average molecular weight is 313 g/mol. The summed E-state index contributed by atoms with van der Waals surface area (Å²) in [6, 6.07) is 5.84. The molecule has 0 aromatic heterocycles. The Morgan fingerprint density at radius 3 is 3.06 bits per heavy atom. The monoisotopic (exact) mass is 312 g/mol. The molecule has 3 nitrogen and oxygen atoms in total. The highest BCUT2D eigenvalue weighted by atomic mass is 79.9. The summed E-state index contributed by atoms with van der Waals surface area (Å²) in [5, 5.41) is 10.4. The van der Waals surface area contributed by atoms with Crippen LogP contribution in [0.1, 0.15) is 37.4 Å². The maximum absolute atomic E-state index is 10.4. The van der Waals surface area contributed by atoms with Gasteiger partial charge in [0, 0.05) is 29.5 Å². The van der Waals surface area contributed by atoms with E-state index >= 15 is 0 Å². The molecule has 1 fully saturated rings. The smallest absolute Gasteiger partial charge is 0.126 e. The van der Waals surface area contributed by atoms with Crippen molar-refractivity contribution in [2.45, 2.75) is 37.4 Å². The van der Waals surface area contributed by atoms with Crippen molar-refractivity contribution in [2.24, 2.45) is 0 Å². The first-order valence-corrected chi connectivity index (χ1v) is 7.22. The van der Waals surface area contributed by atoms with Gasteiger partial charge < -0.3 is 14.6 Å². The minimum absolute atomic E-state index is 0.239. The highest BCUT2D eigenvalue weighted by molar-refractivity contribution is 9.10. The Balaban J connectivity index is 1.92. The van der Waals surface area contributed by atoms with Crippen molar-refractivity contribution in [3.8, 4) is 5.75 Å². The van der Waals surface area contributed by atoms with E-state index < -0.39 is 6.10 Å². The summed E-state index contributed by atoms with van der Waals surface area (Å²) in [7, 11) is 0. The van der Waals surface area contributed by atoms with Crippen LogP contribution in [0.5, 0.6) is 5.75 Å². The predicted octanol–water partition coefficient (Wildman–Crippen LogP) is 3.20. The molecule has 2 heterocycles. The summed E-state index contributed by atoms with van der Waals surface area (Å²) in [5.41, 5.74) is 0.650. The zero-order valence-corrected chi connectivity index (χ0v) is 11.8. The van der Waals surface area contributed by atoms with Gasteiger partial charge in [0.25, 0.3) is 0 Å². The second-order valence-corrected chi connectivity index (χ2v) is 6.07. The molecule has 0 saturated carbocycles. The molecular weight excluding hydrogens is 296 g/mol. The number of ether oxygens (including phenoxy) is 2. The van der Waals surface area contributed by atoms with Gasteiger partial charge in [-0.3, -0.25) is 0 Å². The average Bonchev–Trinajstić information content (AvgIpc) is 2.56. The summed E-state index contributed by atoms with van der Waals surface area (Å²) < 4.78 is 12.7. The molecule has 0 amide bonds. The lowest BCUT2D eigenvalue weighted by molar-refractivity contribution is -0.0272. The van der Waals surface area contributed by atoms with Crippen LogP contribution in [0.25, 0.3) is 0 Å². The second-order valence-electron chi connectivity index (χ2n) is 5.15. The van der Waals surface area contributed by atoms with Gasteiger partial charge in [0.15, 0.2) is 0 Å². The van der Waals surface area contributed by atoms with E-state index in [4.69, 9.17) is 9.47 Å². The fourth-order valence-electron chi connectivity index (χ4n) is 2.90. The van der Waals surface area contributed by atoms with E-state index in [1.807, 2.05) is 18.2 Å². The Morgan fingerprint density at radius 1 is 1.28 bits per heavy atom. The molecule has 1 saturated heterocycles. The lowest BCUT2D eigenvalue weighted by Gasteiger charge is -2.40. The molecule has 1 unspecified atom stereocenters. The van der Waals surface area contributed by atoms with Gasteiger partial charge in [-0.05, 0) is 31.0 Å². The highest BCUT2D eigenvalue weighted by Gasteiger charge is 2.40. The molecule has 0 aliphatic carbocycles. The van der Waals surface area contributed by atoms with Crippen LogP contribution in [0.2, 0.25) is 0 Å². The van der Waals surface area contributed by atoms with Gasteiger partial charge in [0.2, 0.25) is 0 Å². The van der Waals surface area contributed by atoms with Crippen molar-refractivity contribution in [2.75, 3.05) is 13.2 Å². The number of hydrogen-bond donors (Lipinski definition) is 1. The molecule has 2 aliphatic rings. The fraction of sp³-hybridized carbons (Fsp3) is 0.571. The molecule has 18 heavy (non-hydrogen) atoms. The van der Waals surface area contributed by atoms with E-state index in [0.717, 1.165) is 48.3 Å². The molecule has 0 radical (unpaired) electrons. The van der Waals surface area contributed by atoms with Crippen molar-refractivity contribution in [1.29, 1.82) is 0 Å². The summed E-state index contributed by atoms with van der Waals surface area (Å²) in [5.74, 6) is 0.818. The molecule has 1 aromatic rings. The second kappa shape index (κ2) is 4.83. The lowest BCUT2D eigenvalue weighted by atomic mass is 9.83.